The molecule has 0 saturated carbocycles. The van der Waals surface area contributed by atoms with Crippen molar-refractivity contribution in [3.8, 4) is 0 Å². The van der Waals surface area contributed by atoms with Gasteiger partial charge in [0.15, 0.2) is 12.1 Å². The van der Waals surface area contributed by atoms with Crippen LogP contribution in [0.15, 0.2) is 24.9 Å². The summed E-state index contributed by atoms with van der Waals surface area (Å²) < 4.78 is 20.4. The van der Waals surface area contributed by atoms with Gasteiger partial charge in [0, 0.05) is 61.7 Å². The van der Waals surface area contributed by atoms with Crippen LogP contribution in [0.3, 0.4) is 0 Å². The molecule has 0 spiro atoms. The first-order valence-corrected chi connectivity index (χ1v) is 20.2. The standard InChI is InChI=1S/C38H52Cl2N6O7S/c1-9-26-38(7)27(22(5)31(47)21(4)14-37(6,51-8)13-19(2)12-20(3)35(49)52-26)32(36(50)53-38)54-11-10-46-18-44-29-30(46)23(15-43-33(29)41)34(48)45-28-24(39)16-42-17-25(28)40/h15-22,26-27,32,35,49H,9-14H2,1-8H3,(H2,41,43)(H,42,45,48)/t19-,20+,21+,22+,26+,27-,32-,35?,37-,38+/m0/s1. The van der Waals surface area contributed by atoms with Gasteiger partial charge in [-0.1, -0.05) is 57.8 Å². The lowest BCUT2D eigenvalue weighted by Crippen LogP contribution is -2.53. The summed E-state index contributed by atoms with van der Waals surface area (Å²) in [6, 6.07) is 0. The van der Waals surface area contributed by atoms with Crippen LogP contribution in [-0.2, 0) is 30.3 Å². The van der Waals surface area contributed by atoms with Gasteiger partial charge in [-0.15, -0.1) is 11.8 Å². The molecule has 5 heterocycles. The summed E-state index contributed by atoms with van der Waals surface area (Å²) >= 11 is 13.9. The van der Waals surface area contributed by atoms with E-state index in [4.69, 9.17) is 43.1 Å². The summed E-state index contributed by atoms with van der Waals surface area (Å²) in [5.41, 5.74) is 5.57. The molecule has 1 unspecified atom stereocenters. The van der Waals surface area contributed by atoms with Crippen molar-refractivity contribution >= 4 is 75.2 Å². The quantitative estimate of drug-likeness (QED) is 0.203. The number of Topliss-reactive ketones (excluding diaryl/α,β-unsaturated/α-hetero) is 1. The molecule has 3 aromatic rings. The van der Waals surface area contributed by atoms with Crippen LogP contribution in [0.2, 0.25) is 10.0 Å². The summed E-state index contributed by atoms with van der Waals surface area (Å²) in [7, 11) is 1.67. The Bertz CT molecular complexity index is 1850. The van der Waals surface area contributed by atoms with Gasteiger partial charge in [0.25, 0.3) is 5.91 Å². The SMILES string of the molecule is CC[C@H]1OC(O)[C@H](C)C[C@H](C)C[C@](C)(OC)C[C@@H](C)C(=O)[C@H](C)[C@H]2[C@H](SCCn3cnc4c(N)ncc(C(=O)Nc5c(Cl)cncc5Cl)c43)C(=O)O[C@@]21C. The van der Waals surface area contributed by atoms with Crippen molar-refractivity contribution in [1.29, 1.82) is 0 Å². The lowest BCUT2D eigenvalue weighted by atomic mass is 9.70. The first-order valence-electron chi connectivity index (χ1n) is 18.4. The zero-order valence-electron chi connectivity index (χ0n) is 32.1. The number of nitrogen functional groups attached to an aromatic ring is 1. The van der Waals surface area contributed by atoms with E-state index >= 15 is 0 Å². The fourth-order valence-corrected chi connectivity index (χ4v) is 10.5. The van der Waals surface area contributed by atoms with E-state index in [1.165, 1.54) is 30.4 Å². The van der Waals surface area contributed by atoms with Crippen LogP contribution in [0, 0.1) is 29.6 Å². The Kier molecular flexibility index (Phi) is 13.3. The summed E-state index contributed by atoms with van der Waals surface area (Å²) in [5.74, 6) is -1.96. The van der Waals surface area contributed by atoms with Crippen molar-refractivity contribution in [3.05, 3.63) is 40.5 Å². The van der Waals surface area contributed by atoms with Gasteiger partial charge in [-0.2, -0.15) is 0 Å². The number of carbonyl (C=O) groups excluding carboxylic acids is 3. The van der Waals surface area contributed by atoms with Gasteiger partial charge in [0.2, 0.25) is 0 Å². The average molecular weight is 808 g/mol. The number of imidazole rings is 1. The number of aromatic nitrogens is 4. The number of amides is 1. The highest BCUT2D eigenvalue weighted by Gasteiger charge is 2.60. The van der Waals surface area contributed by atoms with Crippen LogP contribution in [0.1, 0.15) is 84.5 Å². The number of aryl methyl sites for hydroxylation is 1. The first kappa shape index (κ1) is 42.1. The number of pyridine rings is 2. The van der Waals surface area contributed by atoms with Crippen LogP contribution < -0.4 is 11.1 Å². The van der Waals surface area contributed by atoms with Gasteiger partial charge < -0.3 is 34.9 Å². The number of esters is 1. The van der Waals surface area contributed by atoms with E-state index in [1.807, 2.05) is 41.5 Å². The number of rotatable bonds is 8. The van der Waals surface area contributed by atoms with Crippen LogP contribution >= 0.6 is 35.0 Å². The molecule has 0 aromatic carbocycles. The third-order valence-corrected chi connectivity index (χ3v) is 13.1. The van der Waals surface area contributed by atoms with Gasteiger partial charge in [0.05, 0.1) is 38.7 Å². The largest absolute Gasteiger partial charge is 0.455 e. The molecule has 0 radical (unpaired) electrons. The second kappa shape index (κ2) is 17.0. The highest BCUT2D eigenvalue weighted by atomic mass is 35.5. The Morgan fingerprint density at radius 3 is 2.46 bits per heavy atom. The molecule has 2 saturated heterocycles. The van der Waals surface area contributed by atoms with Crippen LogP contribution in [0.5, 0.6) is 0 Å². The molecule has 2 aliphatic heterocycles. The maximum atomic E-state index is 14.4. The van der Waals surface area contributed by atoms with Crippen LogP contribution in [0.25, 0.3) is 11.0 Å². The minimum Gasteiger partial charge on any atom is -0.455 e. The van der Waals surface area contributed by atoms with E-state index < -0.39 is 52.6 Å². The van der Waals surface area contributed by atoms with E-state index in [0.717, 1.165) is 0 Å². The fourth-order valence-electron chi connectivity index (χ4n) is 8.57. The Labute approximate surface area is 330 Å². The van der Waals surface area contributed by atoms with E-state index in [9.17, 15) is 19.5 Å². The van der Waals surface area contributed by atoms with Crippen molar-refractivity contribution in [1.82, 2.24) is 19.5 Å². The molecule has 0 aliphatic carbocycles. The molecule has 2 fully saturated rings. The summed E-state index contributed by atoms with van der Waals surface area (Å²) in [6.45, 7) is 14.0. The van der Waals surface area contributed by atoms with Gasteiger partial charge in [0.1, 0.15) is 28.3 Å². The normalized spacial score (nSPS) is 32.6. The number of thioether (sulfide) groups is 1. The number of aliphatic hydroxyl groups excluding tert-OH is 1. The van der Waals surface area contributed by atoms with Gasteiger partial charge in [-0.05, 0) is 45.4 Å². The van der Waals surface area contributed by atoms with E-state index in [1.54, 1.807) is 18.0 Å². The molecule has 16 heteroatoms. The summed E-state index contributed by atoms with van der Waals surface area (Å²) in [4.78, 5) is 54.4. The summed E-state index contributed by atoms with van der Waals surface area (Å²) in [5, 5.41) is 13.7. The molecular formula is C38H52Cl2N6O7S. The number of aliphatic hydroxyl groups is 1. The maximum Gasteiger partial charge on any atom is 0.320 e. The molecule has 0 bridgehead atoms. The number of nitrogens with one attached hydrogen (secondary N) is 1. The second-order valence-electron chi connectivity index (χ2n) is 15.4. The molecule has 2 aliphatic rings. The molecule has 4 N–H and O–H groups in total. The minimum atomic E-state index is -1.21. The first-order chi connectivity index (χ1) is 25.4. The van der Waals surface area contributed by atoms with Crippen molar-refractivity contribution in [2.75, 3.05) is 23.9 Å². The van der Waals surface area contributed by atoms with Gasteiger partial charge in [-0.25, -0.2) is 9.97 Å². The Morgan fingerprint density at radius 2 is 1.81 bits per heavy atom. The van der Waals surface area contributed by atoms with Crippen LogP contribution in [0.4, 0.5) is 11.5 Å². The number of hydrogen-bond acceptors (Lipinski definition) is 12. The fraction of sp³-hybridized carbons (Fsp3) is 0.632. The number of carbonyl (C=O) groups is 3. The van der Waals surface area contributed by atoms with E-state index in [-0.39, 0.29) is 50.7 Å². The summed E-state index contributed by atoms with van der Waals surface area (Å²) in [6.07, 6.45) is 6.26. The number of nitrogens with zero attached hydrogens (tertiary/aromatic N) is 4. The zero-order valence-corrected chi connectivity index (χ0v) is 34.4. The molecule has 296 valence electrons. The molecule has 13 nitrogen and oxygen atoms in total. The van der Waals surface area contributed by atoms with Crippen molar-refractivity contribution in [2.45, 2.75) is 110 Å². The molecular weight excluding hydrogens is 755 g/mol. The molecule has 54 heavy (non-hydrogen) atoms. The Balaban J connectivity index is 1.44. The van der Waals surface area contributed by atoms with E-state index in [2.05, 4.69) is 27.2 Å². The maximum absolute atomic E-state index is 14.4. The number of anilines is 2. The smallest absolute Gasteiger partial charge is 0.320 e. The molecule has 10 atom stereocenters. The Hall–Kier alpha value is -3.01. The third kappa shape index (κ3) is 8.53. The topological polar surface area (TPSA) is 181 Å². The Morgan fingerprint density at radius 1 is 1.13 bits per heavy atom. The number of ketones is 1. The molecule has 1 amide bonds. The number of nitrogens with two attached hydrogens (primary N) is 1. The second-order valence-corrected chi connectivity index (χ2v) is 17.5. The number of methoxy groups -OCH3 is 1. The van der Waals surface area contributed by atoms with Crippen LogP contribution in [-0.4, -0.2) is 84.0 Å². The lowest BCUT2D eigenvalue weighted by Gasteiger charge is -2.42. The predicted molar refractivity (Wildman–Crippen MR) is 210 cm³/mol. The lowest BCUT2D eigenvalue weighted by molar-refractivity contribution is -0.224. The van der Waals surface area contributed by atoms with Gasteiger partial charge in [-0.3, -0.25) is 19.4 Å². The minimum absolute atomic E-state index is 0.0144. The number of ether oxygens (including phenoxy) is 3. The van der Waals surface area contributed by atoms with E-state index in [0.29, 0.717) is 49.0 Å². The third-order valence-electron chi connectivity index (χ3n) is 11.2. The molecule has 5 rings (SSSR count). The predicted octanol–water partition coefficient (Wildman–Crippen LogP) is 6.82. The van der Waals surface area contributed by atoms with Crippen molar-refractivity contribution in [2.24, 2.45) is 29.6 Å². The molecule has 3 aromatic heterocycles. The number of hydrogen-bond donors (Lipinski definition) is 3. The number of halogens is 2. The average Bonchev–Trinajstić information content (AvgIpc) is 3.65. The highest BCUT2D eigenvalue weighted by molar-refractivity contribution is 8.00. The van der Waals surface area contributed by atoms with Crippen molar-refractivity contribution < 1.29 is 33.7 Å². The monoisotopic (exact) mass is 806 g/mol. The zero-order chi connectivity index (χ0) is 39.7. The van der Waals surface area contributed by atoms with Crippen molar-refractivity contribution in [3.63, 3.8) is 0 Å². The number of fused-ring (bicyclic) bond motifs is 2. The van der Waals surface area contributed by atoms with Gasteiger partial charge >= 0.3 is 5.97 Å². The highest BCUT2D eigenvalue weighted by Crippen LogP contribution is 2.49.